The normalized spacial score (nSPS) is 12.0. The van der Waals surface area contributed by atoms with E-state index in [-0.39, 0.29) is 0 Å². The fourth-order valence-corrected chi connectivity index (χ4v) is 3.28. The van der Waals surface area contributed by atoms with Crippen molar-refractivity contribution >= 4 is 0 Å². The number of aliphatic hydroxyl groups is 1. The highest BCUT2D eigenvalue weighted by Gasteiger charge is 2.10. The molecule has 0 aromatic rings. The first-order chi connectivity index (χ1) is 11.1. The summed E-state index contributed by atoms with van der Waals surface area (Å²) in [6.45, 7) is 6.12. The first-order valence-corrected chi connectivity index (χ1v) is 10.8. The summed E-state index contributed by atoms with van der Waals surface area (Å²) in [4.78, 5) is 0. The Bertz CT molecular complexity index is 217. The molecule has 0 rings (SSSR count). The molecule has 0 saturated carbocycles. The van der Waals surface area contributed by atoms with E-state index in [1.165, 1.54) is 109 Å². The van der Waals surface area contributed by atoms with E-state index in [2.05, 4.69) is 6.92 Å². The predicted molar refractivity (Wildman–Crippen MR) is 105 cm³/mol. The molecule has 0 aromatic carbocycles. The van der Waals surface area contributed by atoms with Gasteiger partial charge in [-0.2, -0.15) is 0 Å². The third kappa shape index (κ3) is 22.0. The second kappa shape index (κ2) is 16.8. The van der Waals surface area contributed by atoms with Gasteiger partial charge in [0.05, 0.1) is 5.60 Å². The van der Waals surface area contributed by atoms with Crippen molar-refractivity contribution in [3.63, 3.8) is 0 Å². The van der Waals surface area contributed by atoms with Crippen molar-refractivity contribution in [2.45, 2.75) is 142 Å². The topological polar surface area (TPSA) is 20.2 Å². The summed E-state index contributed by atoms with van der Waals surface area (Å²) in [5, 5.41) is 9.64. The molecule has 1 nitrogen and oxygen atoms in total. The van der Waals surface area contributed by atoms with E-state index in [0.717, 1.165) is 6.42 Å². The number of hydrogen-bond acceptors (Lipinski definition) is 1. The van der Waals surface area contributed by atoms with Crippen LogP contribution in [0.1, 0.15) is 136 Å². The Balaban J connectivity index is 3.00. The lowest BCUT2D eigenvalue weighted by molar-refractivity contribution is 0.0680. The molecule has 23 heavy (non-hydrogen) atoms. The maximum absolute atomic E-state index is 9.64. The van der Waals surface area contributed by atoms with Gasteiger partial charge in [0.25, 0.3) is 0 Å². The van der Waals surface area contributed by atoms with Gasteiger partial charge in [0, 0.05) is 0 Å². The maximum atomic E-state index is 9.64. The molecule has 0 spiro atoms. The van der Waals surface area contributed by atoms with E-state index in [4.69, 9.17) is 0 Å². The van der Waals surface area contributed by atoms with Crippen LogP contribution < -0.4 is 0 Å². The van der Waals surface area contributed by atoms with Crippen LogP contribution in [0.25, 0.3) is 0 Å². The van der Waals surface area contributed by atoms with Gasteiger partial charge in [0.2, 0.25) is 0 Å². The number of hydrogen-bond donors (Lipinski definition) is 1. The lowest BCUT2D eigenvalue weighted by Gasteiger charge is -2.16. The van der Waals surface area contributed by atoms with E-state index in [0.29, 0.717) is 0 Å². The van der Waals surface area contributed by atoms with Crippen LogP contribution in [0.15, 0.2) is 0 Å². The molecule has 0 aliphatic rings. The van der Waals surface area contributed by atoms with Gasteiger partial charge in [-0.05, 0) is 20.3 Å². The molecule has 0 unspecified atom stereocenters. The molecule has 0 aliphatic heterocycles. The van der Waals surface area contributed by atoms with Gasteiger partial charge in [-0.1, -0.05) is 116 Å². The number of rotatable bonds is 18. The zero-order valence-electron chi connectivity index (χ0n) is 16.7. The standard InChI is InChI=1S/C22H46O/c1-4-5-6-7-8-9-10-11-12-13-14-15-16-17-18-19-20-21-22(2,3)23/h23H,4-21H2,1-3H3. The second-order valence-electron chi connectivity index (χ2n) is 8.22. The summed E-state index contributed by atoms with van der Waals surface area (Å²) in [5.41, 5.74) is -0.463. The Morgan fingerprint density at radius 2 is 0.739 bits per heavy atom. The van der Waals surface area contributed by atoms with Crippen molar-refractivity contribution in [3.8, 4) is 0 Å². The van der Waals surface area contributed by atoms with Crippen LogP contribution >= 0.6 is 0 Å². The van der Waals surface area contributed by atoms with Crippen LogP contribution in [-0.2, 0) is 0 Å². The van der Waals surface area contributed by atoms with Gasteiger partial charge < -0.3 is 5.11 Å². The molecule has 0 atom stereocenters. The van der Waals surface area contributed by atoms with Crippen LogP contribution in [0, 0.1) is 0 Å². The van der Waals surface area contributed by atoms with Crippen molar-refractivity contribution in [1.29, 1.82) is 0 Å². The summed E-state index contributed by atoms with van der Waals surface area (Å²) >= 11 is 0. The van der Waals surface area contributed by atoms with E-state index in [9.17, 15) is 5.11 Å². The molecule has 1 N–H and O–H groups in total. The Morgan fingerprint density at radius 3 is 1.00 bits per heavy atom. The zero-order chi connectivity index (χ0) is 17.2. The van der Waals surface area contributed by atoms with Crippen molar-refractivity contribution in [2.24, 2.45) is 0 Å². The third-order valence-corrected chi connectivity index (χ3v) is 4.89. The summed E-state index contributed by atoms with van der Waals surface area (Å²) in [5.74, 6) is 0. The molecule has 0 bridgehead atoms. The van der Waals surface area contributed by atoms with E-state index < -0.39 is 5.60 Å². The van der Waals surface area contributed by atoms with Crippen LogP contribution in [-0.4, -0.2) is 10.7 Å². The first-order valence-electron chi connectivity index (χ1n) is 10.8. The van der Waals surface area contributed by atoms with Gasteiger partial charge in [-0.3, -0.25) is 0 Å². The van der Waals surface area contributed by atoms with Gasteiger partial charge in [0.15, 0.2) is 0 Å². The van der Waals surface area contributed by atoms with Crippen LogP contribution in [0.5, 0.6) is 0 Å². The molecule has 0 aliphatic carbocycles. The average Bonchev–Trinajstić information content (AvgIpc) is 2.49. The SMILES string of the molecule is CCCCCCCCCCCCCCCCCCCC(C)(C)O. The van der Waals surface area contributed by atoms with Gasteiger partial charge in [-0.25, -0.2) is 0 Å². The van der Waals surface area contributed by atoms with Crippen molar-refractivity contribution < 1.29 is 5.11 Å². The van der Waals surface area contributed by atoms with Crippen molar-refractivity contribution in [2.75, 3.05) is 0 Å². The summed E-state index contributed by atoms with van der Waals surface area (Å²) in [6, 6.07) is 0. The molecule has 0 amide bonds. The van der Waals surface area contributed by atoms with Crippen molar-refractivity contribution in [3.05, 3.63) is 0 Å². The molecular formula is C22H46O. The van der Waals surface area contributed by atoms with Crippen LogP contribution in [0.4, 0.5) is 0 Å². The Morgan fingerprint density at radius 1 is 0.478 bits per heavy atom. The predicted octanol–water partition coefficient (Wildman–Crippen LogP) is 7.80. The molecule has 0 aromatic heterocycles. The highest BCUT2D eigenvalue weighted by atomic mass is 16.3. The largest absolute Gasteiger partial charge is 0.390 e. The lowest BCUT2D eigenvalue weighted by atomic mass is 9.99. The van der Waals surface area contributed by atoms with E-state index in [1.807, 2.05) is 13.8 Å². The molecule has 0 heterocycles. The molecule has 0 saturated heterocycles. The molecule has 1 heteroatoms. The van der Waals surface area contributed by atoms with E-state index >= 15 is 0 Å². The molecule has 0 fully saturated rings. The fourth-order valence-electron chi connectivity index (χ4n) is 3.28. The fraction of sp³-hybridized carbons (Fsp3) is 1.00. The minimum atomic E-state index is -0.463. The second-order valence-corrected chi connectivity index (χ2v) is 8.22. The van der Waals surface area contributed by atoms with Crippen molar-refractivity contribution in [1.82, 2.24) is 0 Å². The monoisotopic (exact) mass is 326 g/mol. The lowest BCUT2D eigenvalue weighted by Crippen LogP contribution is -2.17. The summed E-state index contributed by atoms with van der Waals surface area (Å²) < 4.78 is 0. The maximum Gasteiger partial charge on any atom is 0.0591 e. The quantitative estimate of drug-likeness (QED) is 0.255. The molecular weight excluding hydrogens is 280 g/mol. The smallest absolute Gasteiger partial charge is 0.0591 e. The Labute approximate surface area is 147 Å². The summed E-state index contributed by atoms with van der Waals surface area (Å²) in [7, 11) is 0. The highest BCUT2D eigenvalue weighted by molar-refractivity contribution is 4.64. The molecule has 0 radical (unpaired) electrons. The number of unbranched alkanes of at least 4 members (excludes halogenated alkanes) is 16. The van der Waals surface area contributed by atoms with Gasteiger partial charge in [-0.15, -0.1) is 0 Å². The van der Waals surface area contributed by atoms with Crippen LogP contribution in [0.3, 0.4) is 0 Å². The van der Waals surface area contributed by atoms with Gasteiger partial charge in [0.1, 0.15) is 0 Å². The minimum absolute atomic E-state index is 0.463. The Kier molecular flexibility index (Phi) is 16.8. The third-order valence-electron chi connectivity index (χ3n) is 4.89. The molecule has 140 valence electrons. The first kappa shape index (κ1) is 23.0. The van der Waals surface area contributed by atoms with E-state index in [1.54, 1.807) is 0 Å². The zero-order valence-corrected chi connectivity index (χ0v) is 16.7. The minimum Gasteiger partial charge on any atom is -0.390 e. The Hall–Kier alpha value is -0.0400. The van der Waals surface area contributed by atoms with Crippen LogP contribution in [0.2, 0.25) is 0 Å². The summed E-state index contributed by atoms with van der Waals surface area (Å²) in [6.07, 6.45) is 24.9. The van der Waals surface area contributed by atoms with Gasteiger partial charge >= 0.3 is 0 Å². The average molecular weight is 327 g/mol. The highest BCUT2D eigenvalue weighted by Crippen LogP contribution is 2.16.